The number of aromatic nitrogens is 3. The van der Waals surface area contributed by atoms with Crippen LogP contribution in [0.5, 0.6) is 0 Å². The van der Waals surface area contributed by atoms with E-state index >= 15 is 0 Å². The highest BCUT2D eigenvalue weighted by atomic mass is 16.5. The number of nitrogens with zero attached hydrogens (tertiary/aromatic N) is 4. The van der Waals surface area contributed by atoms with Crippen LogP contribution in [0.3, 0.4) is 0 Å². The smallest absolute Gasteiger partial charge is 0.273 e. The Labute approximate surface area is 152 Å². The molecule has 2 aromatic rings. The molecule has 3 heterocycles. The lowest BCUT2D eigenvalue weighted by molar-refractivity contribution is 0.0864. The van der Waals surface area contributed by atoms with Gasteiger partial charge < -0.3 is 19.5 Å². The van der Waals surface area contributed by atoms with E-state index in [1.807, 2.05) is 10.8 Å². The third kappa shape index (κ3) is 3.96. The van der Waals surface area contributed by atoms with Gasteiger partial charge in [-0.05, 0) is 44.7 Å². The van der Waals surface area contributed by atoms with E-state index in [4.69, 9.17) is 4.52 Å². The van der Waals surface area contributed by atoms with Gasteiger partial charge in [-0.15, -0.1) is 0 Å². The summed E-state index contributed by atoms with van der Waals surface area (Å²) >= 11 is 0. The third-order valence-electron chi connectivity index (χ3n) is 5.34. The first-order chi connectivity index (χ1) is 12.7. The van der Waals surface area contributed by atoms with Gasteiger partial charge >= 0.3 is 0 Å². The molecule has 140 valence electrons. The van der Waals surface area contributed by atoms with Crippen molar-refractivity contribution in [1.82, 2.24) is 24.9 Å². The molecule has 1 amide bonds. The second-order valence-corrected chi connectivity index (χ2v) is 7.41. The first-order valence-corrected chi connectivity index (χ1v) is 9.30. The fraction of sp³-hybridized carbons (Fsp3) is 0.611. The molecular weight excluding hydrogens is 334 g/mol. The number of imidazole rings is 1. The van der Waals surface area contributed by atoms with Gasteiger partial charge in [0, 0.05) is 25.0 Å². The molecule has 0 aromatic carbocycles. The van der Waals surface area contributed by atoms with Crippen LogP contribution < -0.4 is 5.32 Å². The van der Waals surface area contributed by atoms with Crippen LogP contribution in [-0.2, 0) is 13.1 Å². The zero-order valence-corrected chi connectivity index (χ0v) is 14.8. The number of aliphatic hydroxyl groups excluding tert-OH is 1. The standard InChI is InChI=1S/C18H25N5O3/c24-17-8-13(10-23-6-3-19-12-23)7-15(17)20-18(25)16-9-14(26-21-16)11-22-4-1-2-5-22/h3,6,9,12-13,15,17,24H,1-2,4-5,7-8,10-11H2,(H,20,25)/t13?,15-,17-/m1/s1. The van der Waals surface area contributed by atoms with Crippen LogP contribution in [0, 0.1) is 5.92 Å². The minimum absolute atomic E-state index is 0.255. The molecule has 0 spiro atoms. The van der Waals surface area contributed by atoms with Crippen LogP contribution in [0.4, 0.5) is 0 Å². The molecular formula is C18H25N5O3. The van der Waals surface area contributed by atoms with Crippen LogP contribution in [0.15, 0.2) is 29.3 Å². The number of likely N-dealkylation sites (tertiary alicyclic amines) is 1. The highest BCUT2D eigenvalue weighted by molar-refractivity contribution is 5.92. The first-order valence-electron chi connectivity index (χ1n) is 9.30. The van der Waals surface area contributed by atoms with Gasteiger partial charge in [0.05, 0.1) is 25.0 Å². The average molecular weight is 359 g/mol. The molecule has 2 fully saturated rings. The van der Waals surface area contributed by atoms with Crippen molar-refractivity contribution in [2.24, 2.45) is 5.92 Å². The molecule has 1 aliphatic carbocycles. The summed E-state index contributed by atoms with van der Waals surface area (Å²) < 4.78 is 7.31. The average Bonchev–Trinajstić information content (AvgIpc) is 3.39. The monoisotopic (exact) mass is 359 g/mol. The molecule has 0 radical (unpaired) electrons. The molecule has 2 aliphatic rings. The van der Waals surface area contributed by atoms with Gasteiger partial charge in [0.2, 0.25) is 0 Å². The maximum Gasteiger partial charge on any atom is 0.273 e. The number of amides is 1. The Morgan fingerprint density at radius 2 is 2.19 bits per heavy atom. The highest BCUT2D eigenvalue weighted by Crippen LogP contribution is 2.28. The van der Waals surface area contributed by atoms with Crippen molar-refractivity contribution < 1.29 is 14.4 Å². The van der Waals surface area contributed by atoms with Crippen LogP contribution >= 0.6 is 0 Å². The predicted octanol–water partition coefficient (Wildman–Crippen LogP) is 1.04. The van der Waals surface area contributed by atoms with E-state index in [0.29, 0.717) is 24.6 Å². The maximum atomic E-state index is 12.4. The molecule has 26 heavy (non-hydrogen) atoms. The summed E-state index contributed by atoms with van der Waals surface area (Å²) in [4.78, 5) is 18.8. The lowest BCUT2D eigenvalue weighted by Gasteiger charge is -2.15. The summed E-state index contributed by atoms with van der Waals surface area (Å²) in [7, 11) is 0. The molecule has 1 saturated heterocycles. The molecule has 1 saturated carbocycles. The molecule has 2 N–H and O–H groups in total. The number of hydrogen-bond acceptors (Lipinski definition) is 6. The minimum Gasteiger partial charge on any atom is -0.391 e. The molecule has 2 aromatic heterocycles. The van der Waals surface area contributed by atoms with E-state index in [0.717, 1.165) is 26.1 Å². The van der Waals surface area contributed by atoms with Crippen molar-refractivity contribution in [3.63, 3.8) is 0 Å². The van der Waals surface area contributed by atoms with E-state index in [-0.39, 0.29) is 17.6 Å². The SMILES string of the molecule is O=C(N[C@@H]1CC(Cn2ccnc2)C[C@H]1O)c1cc(CN2CCCC2)on1. The number of carbonyl (C=O) groups excluding carboxylic acids is 1. The van der Waals surface area contributed by atoms with Gasteiger partial charge in [0.1, 0.15) is 0 Å². The molecule has 8 heteroatoms. The normalized spacial score (nSPS) is 26.4. The Kier molecular flexibility index (Phi) is 5.03. The second kappa shape index (κ2) is 7.59. The first kappa shape index (κ1) is 17.2. The van der Waals surface area contributed by atoms with Crippen molar-refractivity contribution in [3.8, 4) is 0 Å². The Morgan fingerprint density at radius 1 is 1.35 bits per heavy atom. The summed E-state index contributed by atoms with van der Waals surface area (Å²) in [6, 6.07) is 1.45. The molecule has 3 atom stereocenters. The zero-order chi connectivity index (χ0) is 17.9. The molecule has 4 rings (SSSR count). The summed E-state index contributed by atoms with van der Waals surface area (Å²) in [5.74, 6) is 0.739. The van der Waals surface area contributed by atoms with Gasteiger partial charge in [-0.25, -0.2) is 4.98 Å². The summed E-state index contributed by atoms with van der Waals surface area (Å²) in [6.07, 6.45) is 8.72. The molecule has 0 bridgehead atoms. The van der Waals surface area contributed by atoms with Crippen molar-refractivity contribution in [2.75, 3.05) is 13.1 Å². The third-order valence-corrected chi connectivity index (χ3v) is 5.34. The van der Waals surface area contributed by atoms with Crippen molar-refractivity contribution >= 4 is 5.91 Å². The molecule has 8 nitrogen and oxygen atoms in total. The Morgan fingerprint density at radius 3 is 2.96 bits per heavy atom. The van der Waals surface area contributed by atoms with Crippen LogP contribution in [0.2, 0.25) is 0 Å². The van der Waals surface area contributed by atoms with Gasteiger partial charge in [0.25, 0.3) is 5.91 Å². The Bertz CT molecular complexity index is 723. The highest BCUT2D eigenvalue weighted by Gasteiger charge is 2.34. The van der Waals surface area contributed by atoms with E-state index < -0.39 is 6.10 Å². The number of rotatable bonds is 6. The van der Waals surface area contributed by atoms with Gasteiger partial charge in [-0.1, -0.05) is 5.16 Å². The topological polar surface area (TPSA) is 96.4 Å². The van der Waals surface area contributed by atoms with Crippen LogP contribution in [0.1, 0.15) is 41.9 Å². The summed E-state index contributed by atoms with van der Waals surface area (Å²) in [5.41, 5.74) is 0.282. The van der Waals surface area contributed by atoms with E-state index in [9.17, 15) is 9.90 Å². The van der Waals surface area contributed by atoms with Crippen LogP contribution in [-0.4, -0.2) is 55.9 Å². The van der Waals surface area contributed by atoms with Gasteiger partial charge in [-0.2, -0.15) is 0 Å². The van der Waals surface area contributed by atoms with Crippen molar-refractivity contribution in [1.29, 1.82) is 0 Å². The van der Waals surface area contributed by atoms with Crippen molar-refractivity contribution in [2.45, 2.75) is 50.9 Å². The number of carbonyl (C=O) groups is 1. The fourth-order valence-corrected chi connectivity index (χ4v) is 4.01. The maximum absolute atomic E-state index is 12.4. The van der Waals surface area contributed by atoms with Crippen molar-refractivity contribution in [3.05, 3.63) is 36.2 Å². The van der Waals surface area contributed by atoms with Gasteiger partial charge in [-0.3, -0.25) is 9.69 Å². The van der Waals surface area contributed by atoms with Crippen LogP contribution in [0.25, 0.3) is 0 Å². The fourth-order valence-electron chi connectivity index (χ4n) is 4.01. The lowest BCUT2D eigenvalue weighted by Crippen LogP contribution is -2.40. The largest absolute Gasteiger partial charge is 0.391 e. The van der Waals surface area contributed by atoms with E-state index in [1.54, 1.807) is 18.6 Å². The summed E-state index contributed by atoms with van der Waals surface area (Å²) in [6.45, 7) is 3.62. The lowest BCUT2D eigenvalue weighted by atomic mass is 10.1. The second-order valence-electron chi connectivity index (χ2n) is 7.41. The minimum atomic E-state index is -0.538. The van der Waals surface area contributed by atoms with Gasteiger partial charge in [0.15, 0.2) is 11.5 Å². The number of aliphatic hydroxyl groups is 1. The Hall–Kier alpha value is -2.19. The number of nitrogens with one attached hydrogen (secondary N) is 1. The Balaban J connectivity index is 1.30. The predicted molar refractivity (Wildman–Crippen MR) is 93.2 cm³/mol. The molecule has 1 aliphatic heterocycles. The number of hydrogen-bond donors (Lipinski definition) is 2. The summed E-state index contributed by atoms with van der Waals surface area (Å²) in [5, 5.41) is 17.1. The van der Waals surface area contributed by atoms with E-state index in [1.165, 1.54) is 12.8 Å². The van der Waals surface area contributed by atoms with E-state index in [2.05, 4.69) is 20.4 Å². The quantitative estimate of drug-likeness (QED) is 0.800. The zero-order valence-electron chi connectivity index (χ0n) is 14.8. The molecule has 1 unspecified atom stereocenters.